The van der Waals surface area contributed by atoms with E-state index in [4.69, 9.17) is 0 Å². The summed E-state index contributed by atoms with van der Waals surface area (Å²) < 4.78 is 43.6. The first-order chi connectivity index (χ1) is 23.5. The SMILES string of the molecule is Fc1c[c-]c(-c2cc3ccccn3n2)cc1.Fc1c[c-]c(-c2cc3ccccn3n2)cc1.Fc1c[c-]c(-c2cc3ccccn3n2)cc1.[Ir+3]. The van der Waals surface area contributed by atoms with Crippen molar-refractivity contribution in [1.29, 1.82) is 0 Å². The molecule has 0 amide bonds. The third-order valence-electron chi connectivity index (χ3n) is 7.26. The smallest absolute Gasteiger partial charge is 0.265 e. The molecule has 0 radical (unpaired) electrons. The Morgan fingerprint density at radius 3 is 0.959 bits per heavy atom. The summed E-state index contributed by atoms with van der Waals surface area (Å²) in [6.07, 6.45) is 5.63. The summed E-state index contributed by atoms with van der Waals surface area (Å²) in [5.74, 6) is -0.854. The second kappa shape index (κ2) is 14.9. The first kappa shape index (κ1) is 33.1. The van der Waals surface area contributed by atoms with Crippen molar-refractivity contribution < 1.29 is 33.3 Å². The zero-order valence-electron chi connectivity index (χ0n) is 25.5. The average Bonchev–Trinajstić information content (AvgIpc) is 3.87. The van der Waals surface area contributed by atoms with Gasteiger partial charge in [-0.2, -0.15) is 0 Å². The molecule has 3 aromatic carbocycles. The quantitative estimate of drug-likeness (QED) is 0.168. The average molecular weight is 826 g/mol. The van der Waals surface area contributed by atoms with E-state index in [2.05, 4.69) is 33.5 Å². The minimum absolute atomic E-state index is 0. The van der Waals surface area contributed by atoms with Crippen molar-refractivity contribution >= 4 is 16.6 Å². The number of aromatic nitrogens is 6. The summed E-state index contributed by atoms with van der Waals surface area (Å²) in [5, 5.41) is 13.1. The molecule has 9 aromatic rings. The normalized spacial score (nSPS) is 10.6. The molecule has 0 saturated heterocycles. The molecule has 0 aliphatic heterocycles. The van der Waals surface area contributed by atoms with Crippen LogP contribution in [0.4, 0.5) is 13.2 Å². The summed E-state index contributed by atoms with van der Waals surface area (Å²) in [6, 6.07) is 45.2. The third kappa shape index (κ3) is 7.84. The Bertz CT molecular complexity index is 2060. The van der Waals surface area contributed by atoms with Crippen molar-refractivity contribution in [1.82, 2.24) is 28.8 Å². The Labute approximate surface area is 293 Å². The van der Waals surface area contributed by atoms with Gasteiger partial charge in [0.1, 0.15) is 0 Å². The Morgan fingerprint density at radius 1 is 0.408 bits per heavy atom. The van der Waals surface area contributed by atoms with Crippen LogP contribution in [0.3, 0.4) is 0 Å². The minimum Gasteiger partial charge on any atom is -0.265 e. The Kier molecular flexibility index (Phi) is 10.1. The monoisotopic (exact) mass is 826 g/mol. The minimum atomic E-state index is -0.285. The molecule has 0 aliphatic rings. The molecule has 6 heterocycles. The fourth-order valence-corrected chi connectivity index (χ4v) is 4.90. The molecule has 0 spiro atoms. The molecule has 0 aliphatic carbocycles. The molecule has 0 unspecified atom stereocenters. The number of nitrogens with zero attached hydrogens (tertiary/aromatic N) is 6. The van der Waals surface area contributed by atoms with Crippen LogP contribution in [-0.2, 0) is 20.1 Å². The molecule has 6 nitrogen and oxygen atoms in total. The van der Waals surface area contributed by atoms with Crippen LogP contribution in [-0.4, -0.2) is 28.8 Å². The maximum atomic E-state index is 12.8. The van der Waals surface area contributed by atoms with E-state index < -0.39 is 0 Å². The van der Waals surface area contributed by atoms with Gasteiger partial charge >= 0.3 is 20.1 Å². The van der Waals surface area contributed by atoms with E-state index in [1.165, 1.54) is 36.4 Å². The van der Waals surface area contributed by atoms with E-state index in [1.807, 2.05) is 91.4 Å². The first-order valence-electron chi connectivity index (χ1n) is 14.8. The van der Waals surface area contributed by atoms with Crippen molar-refractivity contribution in [3.63, 3.8) is 0 Å². The van der Waals surface area contributed by atoms with Crippen LogP contribution in [0.5, 0.6) is 0 Å². The zero-order valence-corrected chi connectivity index (χ0v) is 27.9. The number of rotatable bonds is 3. The van der Waals surface area contributed by atoms with Crippen LogP contribution in [0, 0.1) is 35.7 Å². The molecule has 6 aromatic heterocycles. The van der Waals surface area contributed by atoms with E-state index in [-0.39, 0.29) is 37.6 Å². The van der Waals surface area contributed by atoms with Gasteiger partial charge < -0.3 is 0 Å². The van der Waals surface area contributed by atoms with Crippen molar-refractivity contribution in [3.05, 3.63) is 182 Å². The molecular weight excluding hydrogens is 802 g/mol. The maximum Gasteiger partial charge on any atom is 3.00 e. The number of hydrogen-bond donors (Lipinski definition) is 0. The van der Waals surface area contributed by atoms with Gasteiger partial charge in [-0.3, -0.25) is 26.7 Å². The zero-order chi connectivity index (χ0) is 32.9. The number of fused-ring (bicyclic) bond motifs is 3. The van der Waals surface area contributed by atoms with Crippen molar-refractivity contribution in [2.75, 3.05) is 0 Å². The van der Waals surface area contributed by atoms with E-state index in [1.54, 1.807) is 31.7 Å². The Balaban J connectivity index is 0.000000126. The summed E-state index contributed by atoms with van der Waals surface area (Å²) in [5.41, 5.74) is 7.81. The van der Waals surface area contributed by atoms with E-state index in [9.17, 15) is 13.2 Å². The summed E-state index contributed by atoms with van der Waals surface area (Å²) >= 11 is 0. The van der Waals surface area contributed by atoms with Crippen molar-refractivity contribution in [3.8, 4) is 33.8 Å². The molecule has 0 N–H and O–H groups in total. The maximum absolute atomic E-state index is 12.8. The number of pyridine rings is 3. The van der Waals surface area contributed by atoms with Gasteiger partial charge in [-0.15, -0.1) is 89.5 Å². The van der Waals surface area contributed by atoms with Gasteiger partial charge in [0.05, 0.1) is 16.6 Å². The van der Waals surface area contributed by atoms with Gasteiger partial charge in [0.2, 0.25) is 0 Å². The number of halogens is 3. The molecule has 0 saturated carbocycles. The topological polar surface area (TPSA) is 51.9 Å². The van der Waals surface area contributed by atoms with Gasteiger partial charge in [0.25, 0.3) is 0 Å². The summed E-state index contributed by atoms with van der Waals surface area (Å²) in [6.45, 7) is 0. The van der Waals surface area contributed by atoms with Gasteiger partial charge in [-0.1, -0.05) is 36.4 Å². The molecule has 0 bridgehead atoms. The summed E-state index contributed by atoms with van der Waals surface area (Å²) in [7, 11) is 0. The van der Waals surface area contributed by atoms with E-state index in [0.717, 1.165) is 50.3 Å². The fraction of sp³-hybridized carbons (Fsp3) is 0. The molecule has 240 valence electrons. The molecule has 49 heavy (non-hydrogen) atoms. The standard InChI is InChI=1S/3C13H8FN2.Ir/c3*14-11-6-4-10(5-7-11)13-9-12-3-1-2-8-16(12)15-13;/h3*1-4,6-9H;/q3*-1;+3. The van der Waals surface area contributed by atoms with Crippen LogP contribution >= 0.6 is 0 Å². The molecule has 0 fully saturated rings. The van der Waals surface area contributed by atoms with Crippen LogP contribution in [0.25, 0.3) is 50.3 Å². The molecular formula is C39H24F3IrN6. The van der Waals surface area contributed by atoms with Crippen molar-refractivity contribution in [2.24, 2.45) is 0 Å². The largest absolute Gasteiger partial charge is 3.00 e. The van der Waals surface area contributed by atoms with Crippen molar-refractivity contribution in [2.45, 2.75) is 0 Å². The van der Waals surface area contributed by atoms with Gasteiger partial charge in [-0.05, 0) is 36.4 Å². The van der Waals surface area contributed by atoms with Crippen LogP contribution in [0.15, 0.2) is 146 Å². The predicted molar refractivity (Wildman–Crippen MR) is 178 cm³/mol. The molecule has 10 heteroatoms. The first-order valence-corrected chi connectivity index (χ1v) is 14.8. The van der Waals surface area contributed by atoms with Crippen LogP contribution in [0.1, 0.15) is 0 Å². The third-order valence-corrected chi connectivity index (χ3v) is 7.26. The Hall–Kier alpha value is -5.83. The second-order valence-electron chi connectivity index (χ2n) is 10.6. The molecule has 0 atom stereocenters. The van der Waals surface area contributed by atoms with Gasteiger partial charge in [-0.25, -0.2) is 15.3 Å². The predicted octanol–water partition coefficient (Wildman–Crippen LogP) is 8.82. The fourth-order valence-electron chi connectivity index (χ4n) is 4.90. The van der Waals surface area contributed by atoms with Crippen LogP contribution in [0.2, 0.25) is 0 Å². The van der Waals surface area contributed by atoms with Crippen LogP contribution < -0.4 is 0 Å². The second-order valence-corrected chi connectivity index (χ2v) is 10.6. The van der Waals surface area contributed by atoms with E-state index in [0.29, 0.717) is 0 Å². The van der Waals surface area contributed by atoms with Gasteiger partial charge in [0.15, 0.2) is 0 Å². The Morgan fingerprint density at radius 2 is 0.714 bits per heavy atom. The number of benzene rings is 3. The molecule has 9 rings (SSSR count). The van der Waals surface area contributed by atoms with Gasteiger partial charge in [0, 0.05) is 53.1 Å². The van der Waals surface area contributed by atoms with E-state index >= 15 is 0 Å². The summed E-state index contributed by atoms with van der Waals surface area (Å²) in [4.78, 5) is 0. The number of hydrogen-bond acceptors (Lipinski definition) is 3.